The van der Waals surface area contributed by atoms with E-state index < -0.39 is 0 Å². The van der Waals surface area contributed by atoms with Crippen LogP contribution in [0.15, 0.2) is 18.2 Å². The highest BCUT2D eigenvalue weighted by molar-refractivity contribution is 8.06. The van der Waals surface area contributed by atoms with E-state index in [4.69, 9.17) is 0 Å². The minimum absolute atomic E-state index is 0.183. The Morgan fingerprint density at radius 1 is 1.50 bits per heavy atom. The number of rotatable bonds is 4. The van der Waals surface area contributed by atoms with Crippen LogP contribution in [0, 0.1) is 17.0 Å². The maximum absolute atomic E-state index is 10.7. The summed E-state index contributed by atoms with van der Waals surface area (Å²) in [6.07, 6.45) is 0. The summed E-state index contributed by atoms with van der Waals surface area (Å²) in [4.78, 5) is 10.4. The second-order valence-electron chi connectivity index (χ2n) is 4.21. The van der Waals surface area contributed by atoms with Crippen molar-refractivity contribution in [1.82, 2.24) is 0 Å². The summed E-state index contributed by atoms with van der Waals surface area (Å²) in [5.41, 5.74) is 1.85. The van der Waals surface area contributed by atoms with Crippen LogP contribution in [0.25, 0.3) is 0 Å². The van der Waals surface area contributed by atoms with Gasteiger partial charge in [0.15, 0.2) is 0 Å². The maximum Gasteiger partial charge on any atom is 0.272 e. The van der Waals surface area contributed by atoms with Crippen LogP contribution in [-0.4, -0.2) is 34.0 Å². The van der Waals surface area contributed by atoms with E-state index in [0.717, 1.165) is 12.2 Å². The average Bonchev–Trinajstić information content (AvgIpc) is 2.37. The molecule has 2 rings (SSSR count). The van der Waals surface area contributed by atoms with Crippen LogP contribution in [0.1, 0.15) is 5.56 Å². The van der Waals surface area contributed by atoms with Crippen LogP contribution >= 0.6 is 23.5 Å². The van der Waals surface area contributed by atoms with Gasteiger partial charge in [-0.3, -0.25) is 10.1 Å². The standard InChI is InChI=1S/C12H16N2O2S2/c1-9-6-10(2-3-12(9)14(15)16)13-7-11-8-17-4-5-18-11/h2-3,6,11,13H,4-5,7-8H2,1H3. The van der Waals surface area contributed by atoms with E-state index in [1.165, 1.54) is 17.3 Å². The van der Waals surface area contributed by atoms with Crippen LogP contribution < -0.4 is 5.32 Å². The Kier molecular flexibility index (Phi) is 4.77. The van der Waals surface area contributed by atoms with Crippen LogP contribution in [0.4, 0.5) is 11.4 Å². The van der Waals surface area contributed by atoms with Crippen molar-refractivity contribution < 1.29 is 4.92 Å². The summed E-state index contributed by atoms with van der Waals surface area (Å²) in [6.45, 7) is 2.70. The fourth-order valence-electron chi connectivity index (χ4n) is 1.86. The Labute approximate surface area is 115 Å². The largest absolute Gasteiger partial charge is 0.384 e. The predicted octanol–water partition coefficient (Wildman–Crippen LogP) is 3.16. The van der Waals surface area contributed by atoms with Gasteiger partial charge >= 0.3 is 0 Å². The summed E-state index contributed by atoms with van der Waals surface area (Å²) in [5, 5.41) is 14.7. The van der Waals surface area contributed by atoms with Crippen molar-refractivity contribution in [1.29, 1.82) is 0 Å². The molecule has 0 spiro atoms. The smallest absolute Gasteiger partial charge is 0.272 e. The van der Waals surface area contributed by atoms with Crippen molar-refractivity contribution >= 4 is 34.9 Å². The second kappa shape index (κ2) is 6.33. The van der Waals surface area contributed by atoms with Crippen LogP contribution in [0.3, 0.4) is 0 Å². The first-order valence-electron chi connectivity index (χ1n) is 5.85. The first-order chi connectivity index (χ1) is 8.66. The van der Waals surface area contributed by atoms with Crippen molar-refractivity contribution in [3.05, 3.63) is 33.9 Å². The van der Waals surface area contributed by atoms with Gasteiger partial charge in [0, 0.05) is 46.4 Å². The van der Waals surface area contributed by atoms with Crippen molar-refractivity contribution in [3.8, 4) is 0 Å². The molecule has 1 heterocycles. The zero-order valence-corrected chi connectivity index (χ0v) is 11.9. The van der Waals surface area contributed by atoms with Gasteiger partial charge in [-0.2, -0.15) is 23.5 Å². The van der Waals surface area contributed by atoms with Crippen LogP contribution in [-0.2, 0) is 0 Å². The number of hydrogen-bond acceptors (Lipinski definition) is 5. The summed E-state index contributed by atoms with van der Waals surface area (Å²) in [5.74, 6) is 3.65. The monoisotopic (exact) mass is 284 g/mol. The third kappa shape index (κ3) is 3.55. The number of nitrogens with one attached hydrogen (secondary N) is 1. The Balaban J connectivity index is 1.93. The molecule has 4 nitrogen and oxygen atoms in total. The van der Waals surface area contributed by atoms with Gasteiger partial charge < -0.3 is 5.32 Å². The fraction of sp³-hybridized carbons (Fsp3) is 0.500. The number of thioether (sulfide) groups is 2. The molecule has 1 saturated heterocycles. The normalized spacial score (nSPS) is 19.5. The highest BCUT2D eigenvalue weighted by Crippen LogP contribution is 2.25. The topological polar surface area (TPSA) is 55.2 Å². The Morgan fingerprint density at radius 3 is 2.94 bits per heavy atom. The molecule has 6 heteroatoms. The van der Waals surface area contributed by atoms with E-state index in [9.17, 15) is 10.1 Å². The Bertz CT molecular complexity index is 434. The molecule has 18 heavy (non-hydrogen) atoms. The van der Waals surface area contributed by atoms with Gasteiger partial charge in [0.25, 0.3) is 5.69 Å². The molecule has 0 amide bonds. The van der Waals surface area contributed by atoms with Crippen molar-refractivity contribution in [3.63, 3.8) is 0 Å². The van der Waals surface area contributed by atoms with Gasteiger partial charge in [0.1, 0.15) is 0 Å². The van der Waals surface area contributed by atoms with E-state index in [1.54, 1.807) is 19.1 Å². The average molecular weight is 284 g/mol. The van der Waals surface area contributed by atoms with Gasteiger partial charge in [-0.1, -0.05) is 0 Å². The third-order valence-electron chi connectivity index (χ3n) is 2.81. The number of hydrogen-bond donors (Lipinski definition) is 1. The molecule has 1 aromatic carbocycles. The maximum atomic E-state index is 10.7. The SMILES string of the molecule is Cc1cc(NCC2CSCCS2)ccc1[N+](=O)[O-]. The molecule has 1 aliphatic heterocycles. The first-order valence-corrected chi connectivity index (χ1v) is 8.05. The molecular weight excluding hydrogens is 268 g/mol. The number of nitrogens with zero attached hydrogens (tertiary/aromatic N) is 1. The van der Waals surface area contributed by atoms with E-state index in [1.807, 2.05) is 29.6 Å². The lowest BCUT2D eigenvalue weighted by molar-refractivity contribution is -0.385. The molecule has 1 atom stereocenters. The molecule has 0 aromatic heterocycles. The summed E-state index contributed by atoms with van der Waals surface area (Å²) >= 11 is 4.00. The number of anilines is 1. The number of nitro benzene ring substituents is 1. The lowest BCUT2D eigenvalue weighted by atomic mass is 10.2. The minimum Gasteiger partial charge on any atom is -0.384 e. The fourth-order valence-corrected chi connectivity index (χ4v) is 4.47. The predicted molar refractivity (Wildman–Crippen MR) is 79.9 cm³/mol. The van der Waals surface area contributed by atoms with Crippen LogP contribution in [0.2, 0.25) is 0 Å². The molecule has 0 bridgehead atoms. The van der Waals surface area contributed by atoms with Crippen molar-refractivity contribution in [2.75, 3.05) is 29.1 Å². The van der Waals surface area contributed by atoms with Crippen molar-refractivity contribution in [2.45, 2.75) is 12.2 Å². The number of aryl methyl sites for hydroxylation is 1. The number of benzene rings is 1. The van der Waals surface area contributed by atoms with E-state index in [-0.39, 0.29) is 10.6 Å². The van der Waals surface area contributed by atoms with Gasteiger partial charge in [-0.25, -0.2) is 0 Å². The molecule has 1 unspecified atom stereocenters. The quantitative estimate of drug-likeness (QED) is 0.680. The molecule has 1 fully saturated rings. The van der Waals surface area contributed by atoms with E-state index in [2.05, 4.69) is 5.32 Å². The lowest BCUT2D eigenvalue weighted by Gasteiger charge is -2.21. The lowest BCUT2D eigenvalue weighted by Crippen LogP contribution is -2.23. The highest BCUT2D eigenvalue weighted by atomic mass is 32.2. The molecule has 98 valence electrons. The number of nitro groups is 1. The van der Waals surface area contributed by atoms with E-state index in [0.29, 0.717) is 10.8 Å². The summed E-state index contributed by atoms with van der Waals surface area (Å²) < 4.78 is 0. The molecule has 0 aliphatic carbocycles. The third-order valence-corrected chi connectivity index (χ3v) is 5.66. The highest BCUT2D eigenvalue weighted by Gasteiger charge is 2.14. The van der Waals surface area contributed by atoms with E-state index >= 15 is 0 Å². The molecular formula is C12H16N2O2S2. The summed E-state index contributed by atoms with van der Waals surface area (Å²) in [7, 11) is 0. The van der Waals surface area contributed by atoms with Gasteiger partial charge in [-0.15, -0.1) is 0 Å². The van der Waals surface area contributed by atoms with Gasteiger partial charge in [-0.05, 0) is 19.1 Å². The molecule has 1 aromatic rings. The first kappa shape index (κ1) is 13.5. The zero-order chi connectivity index (χ0) is 13.0. The molecule has 0 radical (unpaired) electrons. The van der Waals surface area contributed by atoms with Gasteiger partial charge in [0.2, 0.25) is 0 Å². The summed E-state index contributed by atoms with van der Waals surface area (Å²) in [6, 6.07) is 5.20. The zero-order valence-electron chi connectivity index (χ0n) is 10.2. The Hall–Kier alpha value is -0.880. The van der Waals surface area contributed by atoms with Gasteiger partial charge in [0.05, 0.1) is 4.92 Å². The van der Waals surface area contributed by atoms with Crippen LogP contribution in [0.5, 0.6) is 0 Å². The molecule has 0 saturated carbocycles. The second-order valence-corrected chi connectivity index (χ2v) is 6.77. The minimum atomic E-state index is -0.341. The Morgan fingerprint density at radius 2 is 2.33 bits per heavy atom. The van der Waals surface area contributed by atoms with Crippen molar-refractivity contribution in [2.24, 2.45) is 0 Å². The molecule has 1 aliphatic rings. The molecule has 1 N–H and O–H groups in total.